The predicted octanol–water partition coefficient (Wildman–Crippen LogP) is 10.1. The van der Waals surface area contributed by atoms with E-state index in [-0.39, 0.29) is 5.91 Å². The number of nitrogens with zero attached hydrogens (tertiary/aromatic N) is 2. The largest absolute Gasteiger partial charge is 0.494 e. The first kappa shape index (κ1) is 33.1. The molecule has 5 heteroatoms. The molecule has 226 valence electrons. The summed E-state index contributed by atoms with van der Waals surface area (Å²) in [6.07, 6.45) is 22.1. The van der Waals surface area contributed by atoms with Gasteiger partial charge in [-0.3, -0.25) is 4.79 Å². The Kier molecular flexibility index (Phi) is 16.5. The molecule has 1 aliphatic rings. The molecule has 0 radical (unpaired) electrons. The summed E-state index contributed by atoms with van der Waals surface area (Å²) in [7, 11) is 0. The maximum atomic E-state index is 12.5. The molecule has 0 bridgehead atoms. The van der Waals surface area contributed by atoms with Crippen molar-refractivity contribution in [1.82, 2.24) is 4.90 Å². The maximum Gasteiger partial charge on any atom is 0.223 e. The highest BCUT2D eigenvalue weighted by Gasteiger charge is 2.13. The maximum absolute atomic E-state index is 12.5. The molecular weight excluding hydrogens is 524 g/mol. The Hall–Kier alpha value is -2.40. The average molecular weight is 579 g/mol. The van der Waals surface area contributed by atoms with Crippen molar-refractivity contribution in [2.75, 3.05) is 23.9 Å². The molecule has 0 atom stereocenters. The zero-order valence-electron chi connectivity index (χ0n) is 25.8. The van der Waals surface area contributed by atoms with Crippen LogP contribution in [0.1, 0.15) is 115 Å². The molecule has 0 saturated carbocycles. The van der Waals surface area contributed by atoms with Crippen molar-refractivity contribution in [3.05, 3.63) is 71.3 Å². The number of thioether (sulfide) groups is 1. The Morgan fingerprint density at radius 3 is 2.10 bits per heavy atom. The van der Waals surface area contributed by atoms with Gasteiger partial charge in [0, 0.05) is 31.9 Å². The lowest BCUT2D eigenvalue weighted by atomic mass is 10.0. The van der Waals surface area contributed by atoms with Gasteiger partial charge in [-0.2, -0.15) is 0 Å². The first-order valence-electron chi connectivity index (χ1n) is 16.3. The number of unbranched alkanes of at least 4 members (excludes halogenated alkanes) is 13. The molecule has 0 saturated heterocycles. The van der Waals surface area contributed by atoms with Crippen molar-refractivity contribution in [3.8, 4) is 5.75 Å². The summed E-state index contributed by atoms with van der Waals surface area (Å²) in [5, 5.41) is 2.13. The fourth-order valence-corrected chi connectivity index (χ4v) is 6.17. The lowest BCUT2D eigenvalue weighted by molar-refractivity contribution is -0.116. The molecule has 0 aliphatic carbocycles. The lowest BCUT2D eigenvalue weighted by Crippen LogP contribution is -2.30. The fourth-order valence-electron chi connectivity index (χ4n) is 5.45. The highest BCUT2D eigenvalue weighted by molar-refractivity contribution is 8.02. The van der Waals surface area contributed by atoms with E-state index in [2.05, 4.69) is 59.8 Å². The second kappa shape index (κ2) is 20.5. The van der Waals surface area contributed by atoms with E-state index in [0.717, 1.165) is 43.3 Å². The Balaban J connectivity index is 1.28. The second-order valence-corrected chi connectivity index (χ2v) is 12.4. The first-order valence-corrected chi connectivity index (χ1v) is 17.3. The van der Waals surface area contributed by atoms with Gasteiger partial charge < -0.3 is 14.5 Å². The molecule has 0 N–H and O–H groups in total. The molecule has 2 aromatic carbocycles. The van der Waals surface area contributed by atoms with E-state index >= 15 is 0 Å². The summed E-state index contributed by atoms with van der Waals surface area (Å²) < 4.78 is 6.08. The number of benzene rings is 2. The molecule has 2 aromatic rings. The summed E-state index contributed by atoms with van der Waals surface area (Å²) in [4.78, 5) is 16.7. The van der Waals surface area contributed by atoms with Crippen LogP contribution in [-0.2, 0) is 17.8 Å². The summed E-state index contributed by atoms with van der Waals surface area (Å²) >= 11 is 1.81. The number of amides is 1. The molecule has 0 unspecified atom stereocenters. The van der Waals surface area contributed by atoms with Crippen LogP contribution in [0.2, 0.25) is 0 Å². The van der Waals surface area contributed by atoms with E-state index in [1.807, 2.05) is 28.8 Å². The molecule has 3 rings (SSSR count). The Morgan fingerprint density at radius 1 is 0.829 bits per heavy atom. The fraction of sp³-hybridized carbons (Fsp3) is 0.583. The summed E-state index contributed by atoms with van der Waals surface area (Å²) in [5.74, 6) is 1.99. The van der Waals surface area contributed by atoms with Gasteiger partial charge in [0.25, 0.3) is 0 Å². The van der Waals surface area contributed by atoms with E-state index in [4.69, 9.17) is 4.74 Å². The molecule has 1 heterocycles. The predicted molar refractivity (Wildman–Crippen MR) is 178 cm³/mol. The highest BCUT2D eigenvalue weighted by atomic mass is 32.2. The van der Waals surface area contributed by atoms with Crippen molar-refractivity contribution in [2.45, 2.75) is 117 Å². The number of anilines is 1. The van der Waals surface area contributed by atoms with Gasteiger partial charge in [-0.1, -0.05) is 115 Å². The van der Waals surface area contributed by atoms with Gasteiger partial charge in [-0.05, 0) is 53.6 Å². The smallest absolute Gasteiger partial charge is 0.223 e. The third kappa shape index (κ3) is 13.9. The van der Waals surface area contributed by atoms with Crippen molar-refractivity contribution in [3.63, 3.8) is 0 Å². The third-order valence-corrected chi connectivity index (χ3v) is 8.68. The number of carbonyl (C=O) groups excluding carboxylic acids is 1. The topological polar surface area (TPSA) is 32.8 Å². The van der Waals surface area contributed by atoms with Crippen molar-refractivity contribution >= 4 is 23.4 Å². The quantitative estimate of drug-likeness (QED) is 0.130. The van der Waals surface area contributed by atoms with Gasteiger partial charge in [-0.25, -0.2) is 0 Å². The van der Waals surface area contributed by atoms with Crippen LogP contribution in [0, 0.1) is 0 Å². The van der Waals surface area contributed by atoms with Gasteiger partial charge >= 0.3 is 0 Å². The second-order valence-electron chi connectivity index (χ2n) is 11.5. The number of rotatable bonds is 22. The van der Waals surface area contributed by atoms with E-state index < -0.39 is 0 Å². The molecule has 0 aromatic heterocycles. The van der Waals surface area contributed by atoms with E-state index in [1.54, 1.807) is 6.92 Å². The summed E-state index contributed by atoms with van der Waals surface area (Å²) in [5.41, 5.74) is 3.39. The molecule has 4 nitrogen and oxygen atoms in total. The Bertz CT molecular complexity index is 1020. The van der Waals surface area contributed by atoms with Crippen LogP contribution in [-0.4, -0.2) is 29.8 Å². The standard InChI is InChI=1S/C36H54N2O2S/c1-3-4-5-6-7-8-9-10-11-12-13-14-15-16-26-40-36-22-18-19-33(29-36)23-24-38(32(2)39)35-21-17-20-34(28-35)30-37-25-27-41-31-37/h17-22,25,27-29H,3-16,23-24,26,30-31H2,1-2H3. The molecule has 1 amide bonds. The van der Waals surface area contributed by atoms with Crippen LogP contribution < -0.4 is 9.64 Å². The van der Waals surface area contributed by atoms with E-state index in [0.29, 0.717) is 6.54 Å². The Morgan fingerprint density at radius 2 is 1.46 bits per heavy atom. The van der Waals surface area contributed by atoms with Crippen LogP contribution in [0.5, 0.6) is 5.75 Å². The van der Waals surface area contributed by atoms with Crippen LogP contribution in [0.3, 0.4) is 0 Å². The molecule has 41 heavy (non-hydrogen) atoms. The van der Waals surface area contributed by atoms with Gasteiger partial charge in [0.1, 0.15) is 5.75 Å². The van der Waals surface area contributed by atoms with Gasteiger partial charge in [0.15, 0.2) is 0 Å². The molecule has 0 fully saturated rings. The van der Waals surface area contributed by atoms with E-state index in [9.17, 15) is 4.79 Å². The lowest BCUT2D eigenvalue weighted by Gasteiger charge is -2.23. The highest BCUT2D eigenvalue weighted by Crippen LogP contribution is 2.23. The number of carbonyl (C=O) groups is 1. The van der Waals surface area contributed by atoms with Crippen molar-refractivity contribution < 1.29 is 9.53 Å². The van der Waals surface area contributed by atoms with Crippen LogP contribution >= 0.6 is 11.8 Å². The number of ether oxygens (including phenoxy) is 1. The van der Waals surface area contributed by atoms with Gasteiger partial charge in [0.05, 0.1) is 12.5 Å². The number of hydrogen-bond acceptors (Lipinski definition) is 4. The monoisotopic (exact) mass is 578 g/mol. The minimum Gasteiger partial charge on any atom is -0.494 e. The normalized spacial score (nSPS) is 12.7. The zero-order valence-corrected chi connectivity index (χ0v) is 26.6. The van der Waals surface area contributed by atoms with Gasteiger partial charge in [-0.15, -0.1) is 11.8 Å². The SMILES string of the molecule is CCCCCCCCCCCCCCCCOc1cccc(CCN(C(C)=O)c2cccc(CN3C=CSC3)c2)c1. The van der Waals surface area contributed by atoms with Gasteiger partial charge in [0.2, 0.25) is 5.91 Å². The molecule has 0 spiro atoms. The summed E-state index contributed by atoms with van der Waals surface area (Å²) in [6.45, 7) is 6.23. The Labute approximate surface area is 254 Å². The van der Waals surface area contributed by atoms with Crippen molar-refractivity contribution in [1.29, 1.82) is 0 Å². The zero-order chi connectivity index (χ0) is 29.0. The van der Waals surface area contributed by atoms with Crippen LogP contribution in [0.4, 0.5) is 5.69 Å². The van der Waals surface area contributed by atoms with E-state index in [1.165, 1.54) is 94.6 Å². The molecule has 1 aliphatic heterocycles. The minimum atomic E-state index is 0.0731. The average Bonchev–Trinajstić information content (AvgIpc) is 3.48. The minimum absolute atomic E-state index is 0.0731. The summed E-state index contributed by atoms with van der Waals surface area (Å²) in [6, 6.07) is 16.8. The van der Waals surface area contributed by atoms with Crippen LogP contribution in [0.15, 0.2) is 60.1 Å². The van der Waals surface area contributed by atoms with Crippen molar-refractivity contribution in [2.24, 2.45) is 0 Å². The first-order chi connectivity index (χ1) is 20.2. The third-order valence-electron chi connectivity index (χ3n) is 7.89. The van der Waals surface area contributed by atoms with Crippen LogP contribution in [0.25, 0.3) is 0 Å². The number of hydrogen-bond donors (Lipinski definition) is 0. The molecular formula is C36H54N2O2S.